The van der Waals surface area contributed by atoms with Gasteiger partial charge in [-0.25, -0.2) is 0 Å². The molecule has 1 fully saturated rings. The maximum atomic E-state index is 10.8. The number of hydrogen-bond acceptors (Lipinski definition) is 3. The van der Waals surface area contributed by atoms with E-state index in [2.05, 4.69) is 0 Å². The highest BCUT2D eigenvalue weighted by atomic mass is 16.4. The monoisotopic (exact) mass is 258 g/mol. The second kappa shape index (κ2) is 6.73. The summed E-state index contributed by atoms with van der Waals surface area (Å²) >= 11 is 0. The lowest BCUT2D eigenvalue weighted by Gasteiger charge is -2.37. The van der Waals surface area contributed by atoms with Crippen molar-refractivity contribution in [3.8, 4) is 0 Å². The molecule has 0 amide bonds. The predicted octanol–water partition coefficient (Wildman–Crippen LogP) is 1.88. The summed E-state index contributed by atoms with van der Waals surface area (Å²) in [6.07, 6.45) is 6.68. The maximum Gasteiger partial charge on any atom is 0.317 e. The van der Waals surface area contributed by atoms with Gasteiger partial charge in [-0.15, -0.1) is 0 Å². The Balaban J connectivity index is 2.60. The second-order valence-corrected chi connectivity index (χ2v) is 5.30. The van der Waals surface area contributed by atoms with Crippen LogP contribution in [0.5, 0.6) is 0 Å². The van der Waals surface area contributed by atoms with Gasteiger partial charge >= 0.3 is 11.9 Å². The zero-order valence-corrected chi connectivity index (χ0v) is 10.6. The third-order valence-corrected chi connectivity index (χ3v) is 4.12. The normalized spacial score (nSPS) is 18.8. The van der Waals surface area contributed by atoms with E-state index in [1.165, 1.54) is 6.42 Å². The van der Waals surface area contributed by atoms with Crippen LogP contribution in [0.1, 0.15) is 51.4 Å². The molecule has 1 aliphatic carbocycles. The zero-order chi connectivity index (χ0) is 13.6. The van der Waals surface area contributed by atoms with Gasteiger partial charge in [-0.2, -0.15) is 0 Å². The molecule has 0 unspecified atom stereocenters. The summed E-state index contributed by atoms with van der Waals surface area (Å²) < 4.78 is 0. The van der Waals surface area contributed by atoms with Crippen molar-refractivity contribution in [3.63, 3.8) is 0 Å². The molecule has 0 aromatic carbocycles. The minimum Gasteiger partial charge on any atom is -0.481 e. The lowest BCUT2D eigenvalue weighted by molar-refractivity contribution is -0.155. The van der Waals surface area contributed by atoms with Gasteiger partial charge in [0.2, 0.25) is 0 Å². The highest BCUT2D eigenvalue weighted by molar-refractivity contribution is 5.92. The van der Waals surface area contributed by atoms with Crippen LogP contribution in [0.4, 0.5) is 0 Å². The molecular weight excluding hydrogens is 236 g/mol. The van der Waals surface area contributed by atoms with Gasteiger partial charge in [-0.1, -0.05) is 19.3 Å². The second-order valence-electron chi connectivity index (χ2n) is 5.30. The molecule has 5 nitrogen and oxygen atoms in total. The molecule has 0 spiro atoms. The van der Waals surface area contributed by atoms with Crippen LogP contribution in [0.15, 0.2) is 0 Å². The number of hydrogen-bond donors (Lipinski definition) is 3. The van der Waals surface area contributed by atoms with Gasteiger partial charge in [0.15, 0.2) is 5.92 Å². The molecule has 0 heterocycles. The molecule has 3 N–H and O–H groups in total. The number of carboxylic acids is 2. The van der Waals surface area contributed by atoms with Gasteiger partial charge in [0.1, 0.15) is 0 Å². The predicted molar refractivity (Wildman–Crippen MR) is 65.2 cm³/mol. The fourth-order valence-electron chi connectivity index (χ4n) is 2.97. The average molecular weight is 258 g/mol. The van der Waals surface area contributed by atoms with Crippen molar-refractivity contribution in [2.45, 2.75) is 51.4 Å². The molecule has 0 radical (unpaired) electrons. The van der Waals surface area contributed by atoms with Crippen molar-refractivity contribution < 1.29 is 24.9 Å². The van der Waals surface area contributed by atoms with Crippen LogP contribution < -0.4 is 0 Å². The van der Waals surface area contributed by atoms with E-state index in [1.807, 2.05) is 0 Å². The third kappa shape index (κ3) is 3.98. The van der Waals surface area contributed by atoms with Gasteiger partial charge in [0.25, 0.3) is 0 Å². The Kier molecular flexibility index (Phi) is 5.59. The van der Waals surface area contributed by atoms with Crippen molar-refractivity contribution in [1.82, 2.24) is 0 Å². The van der Waals surface area contributed by atoms with Gasteiger partial charge in [-0.3, -0.25) is 9.59 Å². The van der Waals surface area contributed by atoms with Crippen molar-refractivity contribution in [1.29, 1.82) is 0 Å². The van der Waals surface area contributed by atoms with Crippen molar-refractivity contribution in [3.05, 3.63) is 0 Å². The smallest absolute Gasteiger partial charge is 0.317 e. The van der Waals surface area contributed by atoms with E-state index < -0.39 is 17.9 Å². The molecule has 0 aromatic heterocycles. The van der Waals surface area contributed by atoms with Crippen LogP contribution in [-0.4, -0.2) is 33.9 Å². The Labute approximate surface area is 107 Å². The van der Waals surface area contributed by atoms with Crippen LogP contribution in [0.2, 0.25) is 0 Å². The van der Waals surface area contributed by atoms with Crippen molar-refractivity contribution in [2.24, 2.45) is 11.3 Å². The summed E-state index contributed by atoms with van der Waals surface area (Å²) in [6, 6.07) is 0. The van der Waals surface area contributed by atoms with Gasteiger partial charge < -0.3 is 15.3 Å². The molecule has 1 saturated carbocycles. The highest BCUT2D eigenvalue weighted by Gasteiger charge is 2.34. The topological polar surface area (TPSA) is 94.8 Å². The minimum absolute atomic E-state index is 0.0455. The number of aliphatic hydroxyl groups excluding tert-OH is 1. The van der Waals surface area contributed by atoms with Gasteiger partial charge in [0.05, 0.1) is 0 Å². The van der Waals surface area contributed by atoms with Crippen LogP contribution in [0.25, 0.3) is 0 Å². The van der Waals surface area contributed by atoms with Crippen LogP contribution in [0.3, 0.4) is 0 Å². The average Bonchev–Trinajstić information content (AvgIpc) is 2.29. The van der Waals surface area contributed by atoms with E-state index in [1.54, 1.807) is 0 Å². The fraction of sp³-hybridized carbons (Fsp3) is 0.846. The summed E-state index contributed by atoms with van der Waals surface area (Å²) in [5.41, 5.74) is -0.0455. The number of aliphatic carboxylic acids is 2. The summed E-state index contributed by atoms with van der Waals surface area (Å²) in [4.78, 5) is 21.7. The Morgan fingerprint density at radius 1 is 1.00 bits per heavy atom. The Morgan fingerprint density at radius 3 is 2.00 bits per heavy atom. The molecule has 104 valence electrons. The largest absolute Gasteiger partial charge is 0.481 e. The highest BCUT2D eigenvalue weighted by Crippen LogP contribution is 2.43. The lowest BCUT2D eigenvalue weighted by atomic mass is 9.68. The molecule has 1 rings (SSSR count). The molecule has 0 atom stereocenters. The fourth-order valence-corrected chi connectivity index (χ4v) is 2.97. The molecular formula is C13H22O5. The quantitative estimate of drug-likeness (QED) is 0.606. The van der Waals surface area contributed by atoms with Gasteiger partial charge in [-0.05, 0) is 37.5 Å². The van der Waals surface area contributed by atoms with Crippen LogP contribution >= 0.6 is 0 Å². The number of aliphatic hydroxyl groups is 1. The summed E-state index contributed by atoms with van der Waals surface area (Å²) in [6.45, 7) is 0.0881. The number of rotatable bonds is 7. The number of carboxylic acid groups (broad SMARTS) is 2. The first-order valence-electron chi connectivity index (χ1n) is 6.57. The zero-order valence-electron chi connectivity index (χ0n) is 10.6. The van der Waals surface area contributed by atoms with E-state index in [9.17, 15) is 9.59 Å². The van der Waals surface area contributed by atoms with Crippen LogP contribution in [-0.2, 0) is 9.59 Å². The SMILES string of the molecule is O=C(O)C(CCC1(CCO)CCCCC1)C(=O)O. The molecule has 0 bridgehead atoms. The van der Waals surface area contributed by atoms with Crippen LogP contribution in [0, 0.1) is 11.3 Å². The number of carbonyl (C=O) groups is 2. The molecule has 18 heavy (non-hydrogen) atoms. The summed E-state index contributed by atoms with van der Waals surface area (Å²) in [5, 5.41) is 26.8. The van der Waals surface area contributed by atoms with E-state index in [4.69, 9.17) is 15.3 Å². The van der Waals surface area contributed by atoms with Gasteiger partial charge in [0, 0.05) is 6.61 Å². The Morgan fingerprint density at radius 2 is 1.56 bits per heavy atom. The van der Waals surface area contributed by atoms with Crippen molar-refractivity contribution in [2.75, 3.05) is 6.61 Å². The van der Waals surface area contributed by atoms with E-state index >= 15 is 0 Å². The lowest BCUT2D eigenvalue weighted by Crippen LogP contribution is -2.30. The first kappa shape index (κ1) is 15.0. The maximum absolute atomic E-state index is 10.8. The molecule has 0 aromatic rings. The first-order chi connectivity index (χ1) is 8.51. The summed E-state index contributed by atoms with van der Waals surface area (Å²) in [5.74, 6) is -3.85. The standard InChI is InChI=1S/C13H22O5/c14-9-8-13(5-2-1-3-6-13)7-4-10(11(15)16)12(17)18/h10,14H,1-9H2,(H,15,16)(H,17,18). The first-order valence-corrected chi connectivity index (χ1v) is 6.57. The Hall–Kier alpha value is -1.10. The molecule has 0 aliphatic heterocycles. The third-order valence-electron chi connectivity index (χ3n) is 4.12. The Bertz CT molecular complexity index is 274. The van der Waals surface area contributed by atoms with E-state index in [-0.39, 0.29) is 18.4 Å². The van der Waals surface area contributed by atoms with E-state index in [0.29, 0.717) is 12.8 Å². The van der Waals surface area contributed by atoms with Crippen molar-refractivity contribution >= 4 is 11.9 Å². The molecule has 0 saturated heterocycles. The van der Waals surface area contributed by atoms with E-state index in [0.717, 1.165) is 25.7 Å². The molecule has 5 heteroatoms. The summed E-state index contributed by atoms with van der Waals surface area (Å²) in [7, 11) is 0. The molecule has 1 aliphatic rings. The minimum atomic E-state index is -1.32.